The second kappa shape index (κ2) is 7.12. The van der Waals surface area contributed by atoms with Crippen LogP contribution in [0.25, 0.3) is 5.65 Å². The molecule has 0 saturated carbocycles. The van der Waals surface area contributed by atoms with E-state index in [0.29, 0.717) is 18.7 Å². The summed E-state index contributed by atoms with van der Waals surface area (Å²) in [5, 5.41) is 0. The lowest BCUT2D eigenvalue weighted by Crippen LogP contribution is -2.48. The Bertz CT molecular complexity index is 989. The van der Waals surface area contributed by atoms with Crippen molar-refractivity contribution in [2.45, 2.75) is 20.4 Å². The van der Waals surface area contributed by atoms with Gasteiger partial charge in [-0.25, -0.2) is 4.98 Å². The predicted octanol–water partition coefficient (Wildman–Crippen LogP) is 3.05. The van der Waals surface area contributed by atoms with Crippen LogP contribution < -0.4 is 0 Å². The summed E-state index contributed by atoms with van der Waals surface area (Å²) in [5.41, 5.74) is 3.81. The lowest BCUT2D eigenvalue weighted by atomic mass is 10.1. The van der Waals surface area contributed by atoms with Crippen LogP contribution in [0, 0.1) is 19.8 Å². The molecule has 4 rings (SSSR count). The lowest BCUT2D eigenvalue weighted by Gasteiger charge is -2.34. The number of imidazole rings is 1. The van der Waals surface area contributed by atoms with Gasteiger partial charge in [0.25, 0.3) is 5.91 Å². The molecular weight excluding hydrogens is 343 g/mol. The molecule has 0 unspecified atom stereocenters. The first-order valence-corrected chi connectivity index (χ1v) is 9.22. The van der Waals surface area contributed by atoms with Crippen molar-refractivity contribution >= 4 is 11.6 Å². The highest BCUT2D eigenvalue weighted by atomic mass is 19.1. The van der Waals surface area contributed by atoms with E-state index in [4.69, 9.17) is 0 Å². The van der Waals surface area contributed by atoms with Gasteiger partial charge >= 0.3 is 0 Å². The van der Waals surface area contributed by atoms with Crippen LogP contribution in [0.4, 0.5) is 4.39 Å². The fraction of sp³-hybridized carbons (Fsp3) is 0.333. The molecule has 0 atom stereocenters. The number of hydrogen-bond acceptors (Lipinski definition) is 3. The average Bonchev–Trinajstić information content (AvgIpc) is 2.98. The molecule has 2 aromatic heterocycles. The zero-order valence-corrected chi connectivity index (χ0v) is 15.7. The average molecular weight is 366 g/mol. The molecular formula is C21H23FN4O. The smallest absolute Gasteiger partial charge is 0.277 e. The zero-order chi connectivity index (χ0) is 19.0. The van der Waals surface area contributed by atoms with Gasteiger partial charge in [0.05, 0.1) is 0 Å². The largest absolute Gasteiger partial charge is 0.335 e. The van der Waals surface area contributed by atoms with Crippen LogP contribution in [0.15, 0.2) is 42.6 Å². The molecule has 1 fully saturated rings. The van der Waals surface area contributed by atoms with Gasteiger partial charge < -0.3 is 4.90 Å². The molecule has 0 bridgehead atoms. The SMILES string of the molecule is Cc1cccc(CN2CCN(C(=O)c3nc4ccc(C)cn4c3F)CC2)c1. The van der Waals surface area contributed by atoms with E-state index in [-0.39, 0.29) is 11.6 Å². The molecule has 1 amide bonds. The molecule has 27 heavy (non-hydrogen) atoms. The Hall–Kier alpha value is -2.73. The van der Waals surface area contributed by atoms with E-state index in [1.54, 1.807) is 17.2 Å². The summed E-state index contributed by atoms with van der Waals surface area (Å²) in [4.78, 5) is 21.0. The Morgan fingerprint density at radius 1 is 1.07 bits per heavy atom. The van der Waals surface area contributed by atoms with Crippen molar-refractivity contribution in [3.05, 3.63) is 70.9 Å². The van der Waals surface area contributed by atoms with Crippen LogP contribution in [-0.4, -0.2) is 51.3 Å². The normalized spacial score (nSPS) is 15.4. The number of amides is 1. The number of piperazine rings is 1. The maximum absolute atomic E-state index is 14.7. The van der Waals surface area contributed by atoms with Gasteiger partial charge in [-0.3, -0.25) is 14.1 Å². The highest BCUT2D eigenvalue weighted by molar-refractivity contribution is 5.93. The number of aryl methyl sites for hydroxylation is 2. The number of carbonyl (C=O) groups excluding carboxylic acids is 1. The Labute approximate surface area is 158 Å². The Balaban J connectivity index is 1.43. The quantitative estimate of drug-likeness (QED) is 0.715. The highest BCUT2D eigenvalue weighted by Crippen LogP contribution is 2.16. The molecule has 1 aromatic carbocycles. The van der Waals surface area contributed by atoms with Crippen molar-refractivity contribution in [3.63, 3.8) is 0 Å². The highest BCUT2D eigenvalue weighted by Gasteiger charge is 2.27. The maximum atomic E-state index is 14.7. The minimum absolute atomic E-state index is 0.0901. The standard InChI is InChI=1S/C21H23FN4O/c1-15-4-3-5-17(12-15)14-24-8-10-25(11-9-24)21(27)19-20(22)26-13-16(2)6-7-18(26)23-19/h3-7,12-13H,8-11,14H2,1-2H3. The van der Waals surface area contributed by atoms with E-state index in [9.17, 15) is 9.18 Å². The number of carbonyl (C=O) groups is 1. The van der Waals surface area contributed by atoms with E-state index in [0.717, 1.165) is 25.2 Å². The minimum Gasteiger partial charge on any atom is -0.335 e. The Morgan fingerprint density at radius 2 is 1.85 bits per heavy atom. The van der Waals surface area contributed by atoms with Gasteiger partial charge in [-0.2, -0.15) is 4.39 Å². The third kappa shape index (κ3) is 3.57. The minimum atomic E-state index is -0.583. The molecule has 1 saturated heterocycles. The van der Waals surface area contributed by atoms with Crippen LogP contribution in [0.1, 0.15) is 27.2 Å². The predicted molar refractivity (Wildman–Crippen MR) is 102 cm³/mol. The summed E-state index contributed by atoms with van der Waals surface area (Å²) >= 11 is 0. The first kappa shape index (κ1) is 17.7. The van der Waals surface area contributed by atoms with Crippen LogP contribution in [0.5, 0.6) is 0 Å². The number of pyridine rings is 1. The van der Waals surface area contributed by atoms with Gasteiger partial charge in [-0.05, 0) is 31.0 Å². The van der Waals surface area contributed by atoms with Crippen LogP contribution in [0.3, 0.4) is 0 Å². The molecule has 0 N–H and O–H groups in total. The number of benzene rings is 1. The number of nitrogens with zero attached hydrogens (tertiary/aromatic N) is 4. The van der Waals surface area contributed by atoms with Crippen molar-refractivity contribution in [2.24, 2.45) is 0 Å². The molecule has 3 aromatic rings. The number of fused-ring (bicyclic) bond motifs is 1. The van der Waals surface area contributed by atoms with Gasteiger partial charge in [0.2, 0.25) is 5.95 Å². The zero-order valence-electron chi connectivity index (χ0n) is 15.7. The molecule has 3 heterocycles. The first-order chi connectivity index (χ1) is 13.0. The number of halogens is 1. The number of hydrogen-bond donors (Lipinski definition) is 0. The number of aromatic nitrogens is 2. The molecule has 140 valence electrons. The molecule has 6 heteroatoms. The molecule has 0 aliphatic carbocycles. The van der Waals surface area contributed by atoms with Gasteiger partial charge in [-0.1, -0.05) is 35.9 Å². The second-order valence-corrected chi connectivity index (χ2v) is 7.24. The summed E-state index contributed by atoms with van der Waals surface area (Å²) in [7, 11) is 0. The van der Waals surface area contributed by atoms with Crippen LogP contribution >= 0.6 is 0 Å². The third-order valence-electron chi connectivity index (χ3n) is 5.06. The van der Waals surface area contributed by atoms with Gasteiger partial charge in [0, 0.05) is 38.9 Å². The van der Waals surface area contributed by atoms with E-state index in [1.807, 2.05) is 13.0 Å². The Kier molecular flexibility index (Phi) is 4.66. The number of rotatable bonds is 3. The molecule has 0 spiro atoms. The Morgan fingerprint density at radius 3 is 2.59 bits per heavy atom. The summed E-state index contributed by atoms with van der Waals surface area (Å²) in [6.45, 7) is 7.54. The molecule has 1 aliphatic rings. The second-order valence-electron chi connectivity index (χ2n) is 7.24. The molecule has 1 aliphatic heterocycles. The van der Waals surface area contributed by atoms with Crippen molar-refractivity contribution in [1.82, 2.24) is 19.2 Å². The summed E-state index contributed by atoms with van der Waals surface area (Å²) < 4.78 is 16.0. The van der Waals surface area contributed by atoms with E-state index >= 15 is 0 Å². The van der Waals surface area contributed by atoms with Crippen molar-refractivity contribution < 1.29 is 9.18 Å². The van der Waals surface area contributed by atoms with Crippen molar-refractivity contribution in [2.75, 3.05) is 26.2 Å². The maximum Gasteiger partial charge on any atom is 0.277 e. The van der Waals surface area contributed by atoms with E-state index in [1.165, 1.54) is 15.5 Å². The summed E-state index contributed by atoms with van der Waals surface area (Å²) in [6.07, 6.45) is 1.66. The van der Waals surface area contributed by atoms with E-state index < -0.39 is 5.95 Å². The summed E-state index contributed by atoms with van der Waals surface area (Å²) in [5.74, 6) is -0.912. The van der Waals surface area contributed by atoms with Gasteiger partial charge in [0.1, 0.15) is 5.65 Å². The van der Waals surface area contributed by atoms with Crippen LogP contribution in [-0.2, 0) is 6.54 Å². The fourth-order valence-electron chi connectivity index (χ4n) is 3.59. The summed E-state index contributed by atoms with van der Waals surface area (Å²) in [6, 6.07) is 12.1. The molecule has 0 radical (unpaired) electrons. The van der Waals surface area contributed by atoms with Crippen molar-refractivity contribution in [1.29, 1.82) is 0 Å². The third-order valence-corrected chi connectivity index (χ3v) is 5.06. The van der Waals surface area contributed by atoms with Crippen LogP contribution in [0.2, 0.25) is 0 Å². The lowest BCUT2D eigenvalue weighted by molar-refractivity contribution is 0.0618. The van der Waals surface area contributed by atoms with E-state index in [2.05, 4.69) is 41.1 Å². The van der Waals surface area contributed by atoms with Gasteiger partial charge in [0.15, 0.2) is 5.69 Å². The topological polar surface area (TPSA) is 40.8 Å². The van der Waals surface area contributed by atoms with Crippen molar-refractivity contribution in [3.8, 4) is 0 Å². The first-order valence-electron chi connectivity index (χ1n) is 9.22. The monoisotopic (exact) mass is 366 g/mol. The molecule has 5 nitrogen and oxygen atoms in total. The fourth-order valence-corrected chi connectivity index (χ4v) is 3.59. The van der Waals surface area contributed by atoms with Gasteiger partial charge in [-0.15, -0.1) is 0 Å².